The number of unbranched alkanes of at least 4 members (excludes halogenated alkanes) is 1. The number of benzene rings is 1. The van der Waals surface area contributed by atoms with Crippen molar-refractivity contribution in [2.75, 3.05) is 18.9 Å². The summed E-state index contributed by atoms with van der Waals surface area (Å²) in [4.78, 5) is 16.0. The van der Waals surface area contributed by atoms with Gasteiger partial charge >= 0.3 is 0 Å². The minimum atomic E-state index is 0. The fourth-order valence-corrected chi connectivity index (χ4v) is 2.13. The topological polar surface area (TPSA) is 65.5 Å². The Bertz CT molecular complexity index is 517. The van der Waals surface area contributed by atoms with Crippen molar-refractivity contribution >= 4 is 41.5 Å². The van der Waals surface area contributed by atoms with E-state index in [1.54, 1.807) is 7.05 Å². The standard InChI is InChI=1S/C18H30N4O.HI/c1-5-6-10-20-18(19-4)21-13-15-8-7-9-16(12-15)22-17(23)11-14(2)3;/h7-9,12,14H,5-6,10-11,13H2,1-4H3,(H,22,23)(H2,19,20,21);1H. The molecule has 0 aromatic heterocycles. The minimum Gasteiger partial charge on any atom is -0.356 e. The van der Waals surface area contributed by atoms with Crippen molar-refractivity contribution in [1.29, 1.82) is 0 Å². The molecule has 136 valence electrons. The molecule has 1 rings (SSSR count). The van der Waals surface area contributed by atoms with Gasteiger partial charge in [-0.25, -0.2) is 0 Å². The molecule has 0 aliphatic rings. The maximum atomic E-state index is 11.8. The molecule has 0 radical (unpaired) electrons. The molecule has 0 saturated carbocycles. The number of nitrogens with one attached hydrogen (secondary N) is 3. The Morgan fingerprint density at radius 1 is 1.25 bits per heavy atom. The smallest absolute Gasteiger partial charge is 0.224 e. The van der Waals surface area contributed by atoms with Crippen LogP contribution in [0.2, 0.25) is 0 Å². The van der Waals surface area contributed by atoms with E-state index in [0.717, 1.165) is 36.6 Å². The van der Waals surface area contributed by atoms with Crippen LogP contribution in [0.3, 0.4) is 0 Å². The molecule has 0 atom stereocenters. The van der Waals surface area contributed by atoms with Crippen LogP contribution in [0, 0.1) is 5.92 Å². The highest BCUT2D eigenvalue weighted by Gasteiger charge is 2.06. The minimum absolute atomic E-state index is 0. The van der Waals surface area contributed by atoms with E-state index in [0.29, 0.717) is 18.9 Å². The van der Waals surface area contributed by atoms with Gasteiger partial charge in [-0.05, 0) is 30.0 Å². The summed E-state index contributed by atoms with van der Waals surface area (Å²) in [5, 5.41) is 9.51. The monoisotopic (exact) mass is 446 g/mol. The third kappa shape index (κ3) is 9.75. The second-order valence-corrected chi connectivity index (χ2v) is 6.05. The fraction of sp³-hybridized carbons (Fsp3) is 0.556. The van der Waals surface area contributed by atoms with Crippen molar-refractivity contribution in [3.05, 3.63) is 29.8 Å². The molecule has 0 aliphatic heterocycles. The zero-order valence-electron chi connectivity index (χ0n) is 15.2. The van der Waals surface area contributed by atoms with Gasteiger partial charge in [0.1, 0.15) is 0 Å². The van der Waals surface area contributed by atoms with E-state index < -0.39 is 0 Å². The van der Waals surface area contributed by atoms with Gasteiger partial charge in [0, 0.05) is 32.2 Å². The maximum Gasteiger partial charge on any atom is 0.224 e. The number of carbonyl (C=O) groups excluding carboxylic acids is 1. The van der Waals surface area contributed by atoms with Crippen LogP contribution in [-0.4, -0.2) is 25.5 Å². The Morgan fingerprint density at radius 3 is 2.62 bits per heavy atom. The molecule has 0 bridgehead atoms. The van der Waals surface area contributed by atoms with Crippen molar-refractivity contribution in [1.82, 2.24) is 10.6 Å². The lowest BCUT2D eigenvalue weighted by Gasteiger charge is -2.12. The molecule has 1 amide bonds. The molecule has 1 aromatic rings. The van der Waals surface area contributed by atoms with E-state index in [1.807, 2.05) is 38.1 Å². The highest BCUT2D eigenvalue weighted by Crippen LogP contribution is 2.12. The number of amides is 1. The molecule has 0 spiro atoms. The van der Waals surface area contributed by atoms with Gasteiger partial charge in [0.25, 0.3) is 0 Å². The summed E-state index contributed by atoms with van der Waals surface area (Å²) in [7, 11) is 1.77. The molecular weight excluding hydrogens is 415 g/mol. The number of carbonyl (C=O) groups is 1. The van der Waals surface area contributed by atoms with Crippen molar-refractivity contribution in [2.45, 2.75) is 46.6 Å². The first kappa shape index (κ1) is 22.7. The quantitative estimate of drug-likeness (QED) is 0.247. The molecule has 5 nitrogen and oxygen atoms in total. The van der Waals surface area contributed by atoms with Crippen LogP contribution >= 0.6 is 24.0 Å². The normalized spacial score (nSPS) is 11.0. The van der Waals surface area contributed by atoms with E-state index in [9.17, 15) is 4.79 Å². The summed E-state index contributed by atoms with van der Waals surface area (Å²) in [5.41, 5.74) is 1.94. The summed E-state index contributed by atoms with van der Waals surface area (Å²) < 4.78 is 0. The number of aliphatic imine (C=N–C) groups is 1. The molecule has 1 aromatic carbocycles. The number of anilines is 1. The van der Waals surface area contributed by atoms with E-state index in [-0.39, 0.29) is 29.9 Å². The lowest BCUT2D eigenvalue weighted by molar-refractivity contribution is -0.116. The predicted molar refractivity (Wildman–Crippen MR) is 113 cm³/mol. The van der Waals surface area contributed by atoms with Crippen molar-refractivity contribution in [3.8, 4) is 0 Å². The van der Waals surface area contributed by atoms with Gasteiger partial charge in [-0.1, -0.05) is 39.3 Å². The van der Waals surface area contributed by atoms with E-state index in [2.05, 4.69) is 27.9 Å². The summed E-state index contributed by atoms with van der Waals surface area (Å²) in [5.74, 6) is 1.22. The zero-order valence-corrected chi connectivity index (χ0v) is 17.5. The lowest BCUT2D eigenvalue weighted by atomic mass is 10.1. The Kier molecular flexibility index (Phi) is 12.3. The predicted octanol–water partition coefficient (Wildman–Crippen LogP) is 3.75. The van der Waals surface area contributed by atoms with Crippen LogP contribution in [0.15, 0.2) is 29.3 Å². The van der Waals surface area contributed by atoms with Crippen LogP contribution in [0.1, 0.15) is 45.6 Å². The van der Waals surface area contributed by atoms with Crippen LogP contribution in [0.4, 0.5) is 5.69 Å². The molecule has 0 aliphatic carbocycles. The molecule has 0 unspecified atom stereocenters. The Morgan fingerprint density at radius 2 is 2.00 bits per heavy atom. The Hall–Kier alpha value is -1.31. The molecule has 0 saturated heterocycles. The highest BCUT2D eigenvalue weighted by molar-refractivity contribution is 14.0. The van der Waals surface area contributed by atoms with Crippen LogP contribution in [0.5, 0.6) is 0 Å². The first-order chi connectivity index (χ1) is 11.0. The van der Waals surface area contributed by atoms with Crippen molar-refractivity contribution in [3.63, 3.8) is 0 Å². The zero-order chi connectivity index (χ0) is 17.1. The number of hydrogen-bond donors (Lipinski definition) is 3. The molecule has 3 N–H and O–H groups in total. The maximum absolute atomic E-state index is 11.8. The van der Waals surface area contributed by atoms with Crippen LogP contribution in [-0.2, 0) is 11.3 Å². The second-order valence-electron chi connectivity index (χ2n) is 6.05. The highest BCUT2D eigenvalue weighted by atomic mass is 127. The third-order valence-corrected chi connectivity index (χ3v) is 3.31. The van der Waals surface area contributed by atoms with Gasteiger partial charge in [0.05, 0.1) is 0 Å². The summed E-state index contributed by atoms with van der Waals surface area (Å²) >= 11 is 0. The second kappa shape index (κ2) is 13.0. The SMILES string of the molecule is CCCCNC(=NC)NCc1cccc(NC(=O)CC(C)C)c1.I. The van der Waals surface area contributed by atoms with Gasteiger partial charge in [-0.15, -0.1) is 24.0 Å². The average Bonchev–Trinajstić information content (AvgIpc) is 2.50. The number of nitrogens with zero attached hydrogens (tertiary/aromatic N) is 1. The first-order valence-electron chi connectivity index (χ1n) is 8.38. The molecule has 24 heavy (non-hydrogen) atoms. The number of hydrogen-bond acceptors (Lipinski definition) is 2. The van der Waals surface area contributed by atoms with Gasteiger partial charge in [-0.2, -0.15) is 0 Å². The summed E-state index contributed by atoms with van der Waals surface area (Å²) in [6.07, 6.45) is 2.82. The molecule has 6 heteroatoms. The molecule has 0 heterocycles. The van der Waals surface area contributed by atoms with Crippen molar-refractivity contribution < 1.29 is 4.79 Å². The van der Waals surface area contributed by atoms with Crippen LogP contribution in [0.25, 0.3) is 0 Å². The largest absolute Gasteiger partial charge is 0.356 e. The van der Waals surface area contributed by atoms with Gasteiger partial charge in [0.2, 0.25) is 5.91 Å². The van der Waals surface area contributed by atoms with Gasteiger partial charge < -0.3 is 16.0 Å². The van der Waals surface area contributed by atoms with Gasteiger partial charge in [0.15, 0.2) is 5.96 Å². The summed E-state index contributed by atoms with van der Waals surface area (Å²) in [6.45, 7) is 7.83. The van der Waals surface area contributed by atoms with Gasteiger partial charge in [-0.3, -0.25) is 9.79 Å². The Balaban J connectivity index is 0.00000529. The summed E-state index contributed by atoms with van der Waals surface area (Å²) in [6, 6.07) is 7.89. The molecular formula is C18H31IN4O. The average molecular weight is 446 g/mol. The molecule has 0 fully saturated rings. The van der Waals surface area contributed by atoms with Crippen LogP contribution < -0.4 is 16.0 Å². The number of rotatable bonds is 8. The van der Waals surface area contributed by atoms with E-state index in [4.69, 9.17) is 0 Å². The lowest BCUT2D eigenvalue weighted by Crippen LogP contribution is -2.37. The first-order valence-corrected chi connectivity index (χ1v) is 8.38. The van der Waals surface area contributed by atoms with E-state index in [1.165, 1.54) is 0 Å². The number of guanidine groups is 1. The van der Waals surface area contributed by atoms with Crippen molar-refractivity contribution in [2.24, 2.45) is 10.9 Å². The van der Waals surface area contributed by atoms with E-state index >= 15 is 0 Å². The Labute approximate surface area is 163 Å². The fourth-order valence-electron chi connectivity index (χ4n) is 2.13. The number of halogens is 1. The third-order valence-electron chi connectivity index (χ3n) is 3.31.